The fourth-order valence-electron chi connectivity index (χ4n) is 5.24. The van der Waals surface area contributed by atoms with E-state index in [-0.39, 0.29) is 10.8 Å². The van der Waals surface area contributed by atoms with Crippen LogP contribution >= 0.6 is 0 Å². The first-order valence-corrected chi connectivity index (χ1v) is 11.3. The van der Waals surface area contributed by atoms with E-state index in [1.54, 1.807) is 12.1 Å². The molecule has 5 rings (SSSR count). The Kier molecular flexibility index (Phi) is 4.41. The first kappa shape index (κ1) is 20.1. The van der Waals surface area contributed by atoms with Crippen LogP contribution in [0.4, 0.5) is 0 Å². The molecule has 0 aromatic heterocycles. The van der Waals surface area contributed by atoms with Crippen molar-refractivity contribution in [2.24, 2.45) is 0 Å². The third kappa shape index (κ3) is 3.39. The summed E-state index contributed by atoms with van der Waals surface area (Å²) >= 11 is 0. The van der Waals surface area contributed by atoms with Gasteiger partial charge in [0.15, 0.2) is 0 Å². The van der Waals surface area contributed by atoms with Gasteiger partial charge in [0, 0.05) is 0 Å². The molecule has 0 saturated heterocycles. The molecule has 0 bridgehead atoms. The van der Waals surface area contributed by atoms with E-state index in [4.69, 9.17) is 0 Å². The molecule has 0 spiro atoms. The van der Waals surface area contributed by atoms with Gasteiger partial charge in [-0.2, -0.15) is 0 Å². The number of hydrogen-bond acceptors (Lipinski definition) is 1. The van der Waals surface area contributed by atoms with E-state index in [9.17, 15) is 9.90 Å². The summed E-state index contributed by atoms with van der Waals surface area (Å²) in [6.45, 7) is 9.48. The Hall–Kier alpha value is -2.87. The van der Waals surface area contributed by atoms with E-state index in [1.807, 2.05) is 12.1 Å². The first-order valence-electron chi connectivity index (χ1n) is 11.3. The maximum Gasteiger partial charge on any atom is 0.335 e. The van der Waals surface area contributed by atoms with Crippen LogP contribution in [0, 0.1) is 0 Å². The number of carboxylic acid groups (broad SMARTS) is 1. The molecule has 1 saturated carbocycles. The highest BCUT2D eigenvalue weighted by atomic mass is 16.4. The van der Waals surface area contributed by atoms with Crippen LogP contribution in [0.25, 0.3) is 16.3 Å². The van der Waals surface area contributed by atoms with E-state index in [2.05, 4.69) is 58.0 Å². The summed E-state index contributed by atoms with van der Waals surface area (Å²) in [5, 5.41) is 11.5. The summed E-state index contributed by atoms with van der Waals surface area (Å²) in [7, 11) is 0. The molecular formula is C29H30O2. The lowest BCUT2D eigenvalue weighted by Gasteiger charge is -2.42. The number of fused-ring (bicyclic) bond motifs is 2. The molecule has 0 unspecified atom stereocenters. The molecule has 0 radical (unpaired) electrons. The topological polar surface area (TPSA) is 37.3 Å². The monoisotopic (exact) mass is 410 g/mol. The summed E-state index contributed by atoms with van der Waals surface area (Å²) in [4.78, 5) is 11.4. The Bertz CT molecular complexity index is 1250. The quantitative estimate of drug-likeness (QED) is 0.486. The maximum atomic E-state index is 11.4. The highest BCUT2D eigenvalue weighted by Crippen LogP contribution is 2.48. The van der Waals surface area contributed by atoms with Crippen LogP contribution < -0.4 is 0 Å². The first-order chi connectivity index (χ1) is 14.7. The summed E-state index contributed by atoms with van der Waals surface area (Å²) in [6, 6.07) is 18.9. The molecule has 31 heavy (non-hydrogen) atoms. The zero-order valence-corrected chi connectivity index (χ0v) is 18.9. The van der Waals surface area contributed by atoms with Gasteiger partial charge in [-0.25, -0.2) is 4.79 Å². The third-order valence-corrected chi connectivity index (χ3v) is 7.39. The molecule has 0 amide bonds. The van der Waals surface area contributed by atoms with Crippen molar-refractivity contribution in [3.05, 3.63) is 88.0 Å². The van der Waals surface area contributed by atoms with E-state index in [0.29, 0.717) is 5.56 Å². The van der Waals surface area contributed by atoms with Crippen molar-refractivity contribution in [2.45, 2.75) is 64.2 Å². The van der Waals surface area contributed by atoms with E-state index >= 15 is 0 Å². The van der Waals surface area contributed by atoms with Crippen molar-refractivity contribution in [1.82, 2.24) is 0 Å². The number of allylic oxidation sites excluding steroid dienone is 1. The van der Waals surface area contributed by atoms with Gasteiger partial charge in [0.2, 0.25) is 0 Å². The average molecular weight is 411 g/mol. The molecule has 2 heteroatoms. The van der Waals surface area contributed by atoms with Crippen LogP contribution in [0.15, 0.2) is 60.2 Å². The highest BCUT2D eigenvalue weighted by Gasteiger charge is 2.37. The minimum absolute atomic E-state index is 0.176. The average Bonchev–Trinajstić information content (AvgIpc) is 3.56. The molecule has 1 fully saturated rings. The molecule has 0 heterocycles. The Labute approximate surface area is 184 Å². The predicted molar refractivity (Wildman–Crippen MR) is 128 cm³/mol. The Morgan fingerprint density at radius 1 is 0.806 bits per heavy atom. The lowest BCUT2D eigenvalue weighted by molar-refractivity contribution is 0.0697. The third-order valence-electron chi connectivity index (χ3n) is 7.39. The smallest absolute Gasteiger partial charge is 0.335 e. The second-order valence-electron chi connectivity index (χ2n) is 10.6. The molecule has 0 aliphatic heterocycles. The van der Waals surface area contributed by atoms with Gasteiger partial charge in [-0.15, -0.1) is 0 Å². The lowest BCUT2D eigenvalue weighted by Crippen LogP contribution is -2.33. The van der Waals surface area contributed by atoms with Gasteiger partial charge >= 0.3 is 5.97 Å². The fourth-order valence-corrected chi connectivity index (χ4v) is 5.24. The molecule has 2 aliphatic rings. The van der Waals surface area contributed by atoms with E-state index in [1.165, 1.54) is 46.2 Å². The van der Waals surface area contributed by atoms with Crippen molar-refractivity contribution in [1.29, 1.82) is 0 Å². The van der Waals surface area contributed by atoms with Crippen LogP contribution in [0.3, 0.4) is 0 Å². The van der Waals surface area contributed by atoms with E-state index < -0.39 is 5.97 Å². The molecule has 3 aromatic rings. The highest BCUT2D eigenvalue weighted by molar-refractivity contribution is 6.02. The summed E-state index contributed by atoms with van der Waals surface area (Å²) in [6.07, 6.45) is 4.71. The Balaban J connectivity index is 1.70. The van der Waals surface area contributed by atoms with E-state index in [0.717, 1.165) is 23.6 Å². The van der Waals surface area contributed by atoms with Crippen molar-refractivity contribution in [3.63, 3.8) is 0 Å². The van der Waals surface area contributed by atoms with Crippen molar-refractivity contribution in [3.8, 4) is 0 Å². The van der Waals surface area contributed by atoms with Gasteiger partial charge < -0.3 is 5.11 Å². The molecule has 1 N–H and O–H groups in total. The fraction of sp³-hybridized carbons (Fsp3) is 0.345. The number of aromatic carboxylic acids is 1. The Morgan fingerprint density at radius 3 is 2.16 bits per heavy atom. The summed E-state index contributed by atoms with van der Waals surface area (Å²) in [5.74, 6) is -0.882. The van der Waals surface area contributed by atoms with Crippen LogP contribution in [-0.4, -0.2) is 11.1 Å². The van der Waals surface area contributed by atoms with Gasteiger partial charge in [0.25, 0.3) is 0 Å². The van der Waals surface area contributed by atoms with Crippen LogP contribution in [0.2, 0.25) is 0 Å². The minimum Gasteiger partial charge on any atom is -0.478 e. The number of benzene rings is 3. The predicted octanol–water partition coefficient (Wildman–Crippen LogP) is 7.48. The van der Waals surface area contributed by atoms with Crippen molar-refractivity contribution < 1.29 is 9.90 Å². The molecule has 0 atom stereocenters. The second-order valence-corrected chi connectivity index (χ2v) is 10.6. The lowest BCUT2D eigenvalue weighted by atomic mass is 9.63. The van der Waals surface area contributed by atoms with Crippen molar-refractivity contribution in [2.75, 3.05) is 0 Å². The Morgan fingerprint density at radius 2 is 1.48 bits per heavy atom. The number of rotatable bonds is 3. The minimum atomic E-state index is -0.882. The SMILES string of the molecule is CC1(C)CCC(C)(C)c2cc(C(=C3CC3)c3cccc4cc(C(=O)O)ccc34)ccc21. The zero-order valence-electron chi connectivity index (χ0n) is 18.9. The van der Waals surface area contributed by atoms with Gasteiger partial charge in [0.1, 0.15) is 0 Å². The largest absolute Gasteiger partial charge is 0.478 e. The van der Waals surface area contributed by atoms with Crippen LogP contribution in [-0.2, 0) is 10.8 Å². The zero-order chi connectivity index (χ0) is 22.0. The van der Waals surface area contributed by atoms with Crippen LogP contribution in [0.1, 0.15) is 86.0 Å². The van der Waals surface area contributed by atoms with Gasteiger partial charge in [-0.05, 0) is 87.2 Å². The number of hydrogen-bond donors (Lipinski definition) is 1. The molecular weight excluding hydrogens is 380 g/mol. The molecule has 2 aliphatic carbocycles. The summed E-state index contributed by atoms with van der Waals surface area (Å²) < 4.78 is 0. The number of carboxylic acids is 1. The normalized spacial score (nSPS) is 18.5. The van der Waals surface area contributed by atoms with Gasteiger partial charge in [0.05, 0.1) is 5.56 Å². The summed E-state index contributed by atoms with van der Waals surface area (Å²) in [5.41, 5.74) is 9.05. The maximum absolute atomic E-state index is 11.4. The second kappa shape index (κ2) is 6.82. The van der Waals surface area contributed by atoms with Gasteiger partial charge in [-0.1, -0.05) is 75.7 Å². The van der Waals surface area contributed by atoms with Gasteiger partial charge in [-0.3, -0.25) is 0 Å². The van der Waals surface area contributed by atoms with Crippen LogP contribution in [0.5, 0.6) is 0 Å². The molecule has 2 nitrogen and oxygen atoms in total. The number of carbonyl (C=O) groups is 1. The standard InChI is InChI=1S/C29H30O2/c1-28(2)14-15-29(3,4)25-17-20(11-13-24(25)28)26(18-8-9-18)23-7-5-6-19-16-21(27(30)31)10-12-22(19)23/h5-7,10-13,16-17H,8-9,14-15H2,1-4H3,(H,30,31). The molecule has 158 valence electrons. The molecule has 3 aromatic carbocycles. The van der Waals surface area contributed by atoms with Crippen molar-refractivity contribution >= 4 is 22.3 Å².